The first kappa shape index (κ1) is 20.2. The first-order valence-electron chi connectivity index (χ1n) is 9.45. The van der Waals surface area contributed by atoms with E-state index in [0.29, 0.717) is 10.8 Å². The number of hydrogen-bond acceptors (Lipinski definition) is 1. The van der Waals surface area contributed by atoms with Gasteiger partial charge in [0.25, 0.3) is 0 Å². The minimum Gasteiger partial charge on any atom is -0.457 e. The molecule has 0 radical (unpaired) electrons. The van der Waals surface area contributed by atoms with Crippen molar-refractivity contribution >= 4 is 11.6 Å². The molecule has 0 aliphatic heterocycles. The van der Waals surface area contributed by atoms with Crippen LogP contribution < -0.4 is 4.74 Å². The first-order chi connectivity index (χ1) is 13.5. The fourth-order valence-corrected chi connectivity index (χ4v) is 3.28. The van der Waals surface area contributed by atoms with Crippen molar-refractivity contribution in [2.45, 2.75) is 26.2 Å². The third-order valence-corrected chi connectivity index (χ3v) is 4.84. The standard InChI is InChI=1S/C25H24ClFO/c1-18(2)25(20-11-13-21(26)14-12-20)17-22(27)15-19-7-6-10-24(16-19)28-23-8-4-3-5-9-23/h3-14,16-18,25H,15H2,1-2H3. The average Bonchev–Trinajstić information content (AvgIpc) is 2.68. The Morgan fingerprint density at radius 3 is 2.29 bits per heavy atom. The van der Waals surface area contributed by atoms with Gasteiger partial charge in [0.05, 0.1) is 0 Å². The zero-order valence-corrected chi connectivity index (χ0v) is 16.9. The van der Waals surface area contributed by atoms with Crippen molar-refractivity contribution in [1.82, 2.24) is 0 Å². The van der Waals surface area contributed by atoms with Crippen LogP contribution in [0.5, 0.6) is 11.5 Å². The predicted octanol–water partition coefficient (Wildman–Crippen LogP) is 7.97. The lowest BCUT2D eigenvalue weighted by Gasteiger charge is -2.18. The highest BCUT2D eigenvalue weighted by atomic mass is 35.5. The highest BCUT2D eigenvalue weighted by Crippen LogP contribution is 2.30. The van der Waals surface area contributed by atoms with Gasteiger partial charge in [0.2, 0.25) is 0 Å². The van der Waals surface area contributed by atoms with Crippen LogP contribution in [-0.4, -0.2) is 0 Å². The van der Waals surface area contributed by atoms with Gasteiger partial charge in [-0.25, -0.2) is 4.39 Å². The minimum atomic E-state index is -0.148. The van der Waals surface area contributed by atoms with Gasteiger partial charge in [-0.15, -0.1) is 0 Å². The van der Waals surface area contributed by atoms with E-state index >= 15 is 0 Å². The van der Waals surface area contributed by atoms with E-state index in [4.69, 9.17) is 16.3 Å². The second-order valence-corrected chi connectivity index (χ2v) is 7.61. The van der Waals surface area contributed by atoms with Crippen LogP contribution in [0.1, 0.15) is 30.9 Å². The quantitative estimate of drug-likeness (QED) is 0.394. The summed E-state index contributed by atoms with van der Waals surface area (Å²) >= 11 is 5.98. The second-order valence-electron chi connectivity index (χ2n) is 7.17. The van der Waals surface area contributed by atoms with Gasteiger partial charge >= 0.3 is 0 Å². The molecule has 0 saturated carbocycles. The van der Waals surface area contributed by atoms with E-state index in [9.17, 15) is 4.39 Å². The van der Waals surface area contributed by atoms with E-state index in [0.717, 1.165) is 16.9 Å². The van der Waals surface area contributed by atoms with Crippen molar-refractivity contribution in [2.75, 3.05) is 0 Å². The van der Waals surface area contributed by atoms with Gasteiger partial charge < -0.3 is 4.74 Å². The summed E-state index contributed by atoms with van der Waals surface area (Å²) < 4.78 is 20.7. The predicted molar refractivity (Wildman–Crippen MR) is 115 cm³/mol. The molecule has 0 aliphatic carbocycles. The molecule has 0 aromatic heterocycles. The molecule has 0 saturated heterocycles. The van der Waals surface area contributed by atoms with Crippen LogP contribution in [-0.2, 0) is 6.42 Å². The van der Waals surface area contributed by atoms with Gasteiger partial charge in [0, 0.05) is 17.4 Å². The number of benzene rings is 3. The summed E-state index contributed by atoms with van der Waals surface area (Å²) in [6.07, 6.45) is 1.96. The maximum Gasteiger partial charge on any atom is 0.127 e. The number of rotatable bonds is 7. The molecule has 0 amide bonds. The van der Waals surface area contributed by atoms with E-state index in [2.05, 4.69) is 13.8 Å². The Balaban J connectivity index is 1.74. The molecule has 0 spiro atoms. The minimum absolute atomic E-state index is 0.000943. The SMILES string of the molecule is CC(C)C(C=C(F)Cc1cccc(Oc2ccccc2)c1)c1ccc(Cl)cc1. The third kappa shape index (κ3) is 5.71. The van der Waals surface area contributed by atoms with Crippen LogP contribution in [0, 0.1) is 5.92 Å². The summed E-state index contributed by atoms with van der Waals surface area (Å²) in [7, 11) is 0. The number of allylic oxidation sites excluding steroid dienone is 2. The maximum atomic E-state index is 14.8. The van der Waals surface area contributed by atoms with E-state index in [-0.39, 0.29) is 24.1 Å². The Hall–Kier alpha value is -2.58. The molecule has 1 unspecified atom stereocenters. The second kappa shape index (κ2) is 9.57. The molecule has 28 heavy (non-hydrogen) atoms. The molecule has 3 aromatic carbocycles. The van der Waals surface area contributed by atoms with Gasteiger partial charge in [0.1, 0.15) is 17.3 Å². The Kier molecular flexibility index (Phi) is 6.89. The van der Waals surface area contributed by atoms with Gasteiger partial charge in [-0.3, -0.25) is 0 Å². The largest absolute Gasteiger partial charge is 0.457 e. The number of para-hydroxylation sites is 1. The average molecular weight is 395 g/mol. The van der Waals surface area contributed by atoms with Crippen LogP contribution >= 0.6 is 11.6 Å². The summed E-state index contributed by atoms with van der Waals surface area (Å²) in [5, 5.41) is 0.686. The zero-order valence-electron chi connectivity index (χ0n) is 16.1. The Morgan fingerprint density at radius 1 is 0.929 bits per heavy atom. The van der Waals surface area contributed by atoms with E-state index in [1.54, 1.807) is 6.08 Å². The summed E-state index contributed by atoms with van der Waals surface area (Å²) in [6, 6.07) is 24.8. The van der Waals surface area contributed by atoms with Crippen LogP contribution in [0.25, 0.3) is 0 Å². The number of ether oxygens (including phenoxy) is 1. The molecule has 0 bridgehead atoms. The Bertz CT molecular complexity index is 917. The van der Waals surface area contributed by atoms with Crippen molar-refractivity contribution in [3.05, 3.63) is 107 Å². The lowest BCUT2D eigenvalue weighted by atomic mass is 9.87. The first-order valence-corrected chi connectivity index (χ1v) is 9.82. The van der Waals surface area contributed by atoms with Crippen LogP contribution in [0.15, 0.2) is 90.8 Å². The fourth-order valence-electron chi connectivity index (χ4n) is 3.15. The Labute approximate surface area is 171 Å². The molecule has 144 valence electrons. The third-order valence-electron chi connectivity index (χ3n) is 4.58. The van der Waals surface area contributed by atoms with E-state index in [1.165, 1.54) is 0 Å². The van der Waals surface area contributed by atoms with Crippen LogP contribution in [0.4, 0.5) is 4.39 Å². The van der Waals surface area contributed by atoms with Crippen molar-refractivity contribution < 1.29 is 9.13 Å². The topological polar surface area (TPSA) is 9.23 Å². The lowest BCUT2D eigenvalue weighted by molar-refractivity contribution is 0.481. The van der Waals surface area contributed by atoms with E-state index < -0.39 is 0 Å². The lowest BCUT2D eigenvalue weighted by Crippen LogP contribution is -2.05. The summed E-state index contributed by atoms with van der Waals surface area (Å²) in [4.78, 5) is 0. The molecule has 0 heterocycles. The monoisotopic (exact) mass is 394 g/mol. The van der Waals surface area contributed by atoms with Gasteiger partial charge in [-0.1, -0.05) is 67.9 Å². The molecule has 3 heteroatoms. The van der Waals surface area contributed by atoms with Crippen LogP contribution in [0.2, 0.25) is 5.02 Å². The number of hydrogen-bond donors (Lipinski definition) is 0. The molecule has 3 aromatic rings. The molecule has 0 fully saturated rings. The molecule has 3 rings (SSSR count). The zero-order chi connectivity index (χ0) is 19.9. The van der Waals surface area contributed by atoms with Crippen molar-refractivity contribution in [3.8, 4) is 11.5 Å². The summed E-state index contributed by atoms with van der Waals surface area (Å²) in [5.41, 5.74) is 1.94. The molecule has 1 atom stereocenters. The Morgan fingerprint density at radius 2 is 1.61 bits per heavy atom. The fraction of sp³-hybridized carbons (Fsp3) is 0.200. The summed E-state index contributed by atoms with van der Waals surface area (Å²) in [6.45, 7) is 4.19. The van der Waals surface area contributed by atoms with E-state index in [1.807, 2.05) is 78.9 Å². The normalized spacial score (nSPS) is 12.8. The summed E-state index contributed by atoms with van der Waals surface area (Å²) in [5.74, 6) is 1.60. The van der Waals surface area contributed by atoms with Gasteiger partial charge in [0.15, 0.2) is 0 Å². The molecular formula is C25H24ClFO. The van der Waals surface area contributed by atoms with Crippen molar-refractivity contribution in [3.63, 3.8) is 0 Å². The van der Waals surface area contributed by atoms with Gasteiger partial charge in [-0.2, -0.15) is 0 Å². The molecule has 0 aliphatic rings. The smallest absolute Gasteiger partial charge is 0.127 e. The molecule has 0 N–H and O–H groups in total. The highest BCUT2D eigenvalue weighted by Gasteiger charge is 2.15. The molecular weight excluding hydrogens is 371 g/mol. The van der Waals surface area contributed by atoms with Crippen LogP contribution in [0.3, 0.4) is 0 Å². The number of halogens is 2. The maximum absolute atomic E-state index is 14.8. The molecule has 1 nitrogen and oxygen atoms in total. The van der Waals surface area contributed by atoms with Crippen molar-refractivity contribution in [2.24, 2.45) is 5.92 Å². The highest BCUT2D eigenvalue weighted by molar-refractivity contribution is 6.30. The van der Waals surface area contributed by atoms with Crippen molar-refractivity contribution in [1.29, 1.82) is 0 Å². The van der Waals surface area contributed by atoms with Gasteiger partial charge in [-0.05, 0) is 59.5 Å².